The molecular formula is C27H31N5O2S. The highest BCUT2D eigenvalue weighted by Crippen LogP contribution is 2.35. The average Bonchev–Trinajstić information content (AvgIpc) is 3.24. The number of nitrogens with zero attached hydrogens (tertiary/aromatic N) is 3. The van der Waals surface area contributed by atoms with Crippen LogP contribution in [0.2, 0.25) is 0 Å². The highest BCUT2D eigenvalue weighted by molar-refractivity contribution is 7.90. The molecule has 1 saturated carbocycles. The molecule has 2 aromatic heterocycles. The number of para-hydroxylation sites is 1. The predicted octanol–water partition coefficient (Wildman–Crippen LogP) is 4.97. The summed E-state index contributed by atoms with van der Waals surface area (Å²) in [5, 5.41) is 4.31. The van der Waals surface area contributed by atoms with Crippen molar-refractivity contribution in [3.63, 3.8) is 0 Å². The van der Waals surface area contributed by atoms with Crippen molar-refractivity contribution in [2.24, 2.45) is 5.73 Å². The van der Waals surface area contributed by atoms with E-state index in [0.29, 0.717) is 11.5 Å². The van der Waals surface area contributed by atoms with E-state index in [1.54, 1.807) is 36.5 Å². The Morgan fingerprint density at radius 1 is 1.14 bits per heavy atom. The van der Waals surface area contributed by atoms with Crippen LogP contribution in [0.1, 0.15) is 45.1 Å². The minimum Gasteiger partial charge on any atom is -0.351 e. The van der Waals surface area contributed by atoms with E-state index in [1.165, 1.54) is 3.97 Å². The summed E-state index contributed by atoms with van der Waals surface area (Å²) in [4.78, 5) is 9.72. The summed E-state index contributed by atoms with van der Waals surface area (Å²) >= 11 is 0. The van der Waals surface area contributed by atoms with Gasteiger partial charge >= 0.3 is 0 Å². The third-order valence-electron chi connectivity index (χ3n) is 6.82. The molecule has 0 aliphatic heterocycles. The number of nitrogens with two attached hydrogens (primary N) is 1. The van der Waals surface area contributed by atoms with Gasteiger partial charge in [-0.05, 0) is 62.8 Å². The Labute approximate surface area is 206 Å². The third-order valence-corrected chi connectivity index (χ3v) is 8.51. The number of hydrogen-bond acceptors (Lipinski definition) is 6. The molecule has 0 saturated heterocycles. The van der Waals surface area contributed by atoms with Crippen molar-refractivity contribution in [3.05, 3.63) is 72.6 Å². The Bertz CT molecular complexity index is 1460. The fourth-order valence-electron chi connectivity index (χ4n) is 5.04. The smallest absolute Gasteiger partial charge is 0.268 e. The second-order valence-corrected chi connectivity index (χ2v) is 11.5. The van der Waals surface area contributed by atoms with E-state index in [-0.39, 0.29) is 16.5 Å². The zero-order chi connectivity index (χ0) is 24.6. The second-order valence-electron chi connectivity index (χ2n) is 9.69. The van der Waals surface area contributed by atoms with Crippen LogP contribution < -0.4 is 11.1 Å². The first kappa shape index (κ1) is 23.5. The Balaban J connectivity index is 1.61. The molecular weight excluding hydrogens is 458 g/mol. The number of hydrogen-bond donors (Lipinski definition) is 2. The Hall–Kier alpha value is -3.23. The SMILES string of the molecule is CCc1cnc(N[C@@H]2CCC[C@](C)(N)C2)nc1-c1cn(S(=O)(=O)c2ccccc2)c2ccccc12. The van der Waals surface area contributed by atoms with Gasteiger partial charge in [0.1, 0.15) is 0 Å². The fraction of sp³-hybridized carbons (Fsp3) is 0.333. The van der Waals surface area contributed by atoms with Crippen LogP contribution in [0.4, 0.5) is 5.95 Å². The number of aromatic nitrogens is 3. The summed E-state index contributed by atoms with van der Waals surface area (Å²) in [5.41, 5.74) is 9.31. The molecule has 5 rings (SSSR count). The van der Waals surface area contributed by atoms with E-state index >= 15 is 0 Å². The minimum atomic E-state index is -3.77. The number of fused-ring (bicyclic) bond motifs is 1. The van der Waals surface area contributed by atoms with Crippen LogP contribution in [0.5, 0.6) is 0 Å². The van der Waals surface area contributed by atoms with Crippen molar-refractivity contribution in [1.82, 2.24) is 13.9 Å². The first-order chi connectivity index (χ1) is 16.8. The number of aryl methyl sites for hydroxylation is 1. The third kappa shape index (κ3) is 4.56. The molecule has 1 aliphatic carbocycles. The summed E-state index contributed by atoms with van der Waals surface area (Å²) in [6.07, 6.45) is 8.22. The second kappa shape index (κ2) is 9.09. The van der Waals surface area contributed by atoms with Crippen molar-refractivity contribution in [2.75, 3.05) is 5.32 Å². The molecule has 2 heterocycles. The molecule has 35 heavy (non-hydrogen) atoms. The molecule has 0 spiro atoms. The molecule has 2 atom stereocenters. The van der Waals surface area contributed by atoms with E-state index in [4.69, 9.17) is 10.7 Å². The van der Waals surface area contributed by atoms with E-state index < -0.39 is 10.0 Å². The van der Waals surface area contributed by atoms with E-state index in [2.05, 4.69) is 24.1 Å². The van der Waals surface area contributed by atoms with Crippen molar-refractivity contribution in [2.45, 2.75) is 62.4 Å². The summed E-state index contributed by atoms with van der Waals surface area (Å²) in [5.74, 6) is 0.544. The zero-order valence-electron chi connectivity index (χ0n) is 20.1. The Morgan fingerprint density at radius 3 is 2.63 bits per heavy atom. The summed E-state index contributed by atoms with van der Waals surface area (Å²) in [7, 11) is -3.77. The van der Waals surface area contributed by atoms with Crippen molar-refractivity contribution in [3.8, 4) is 11.3 Å². The maximum atomic E-state index is 13.5. The van der Waals surface area contributed by atoms with Gasteiger partial charge in [0, 0.05) is 34.9 Å². The van der Waals surface area contributed by atoms with Gasteiger partial charge in [-0.15, -0.1) is 0 Å². The molecule has 0 amide bonds. The molecule has 3 N–H and O–H groups in total. The number of rotatable bonds is 6. The maximum Gasteiger partial charge on any atom is 0.268 e. The highest BCUT2D eigenvalue weighted by atomic mass is 32.2. The molecule has 0 unspecified atom stereocenters. The molecule has 0 radical (unpaired) electrons. The first-order valence-electron chi connectivity index (χ1n) is 12.1. The summed E-state index contributed by atoms with van der Waals surface area (Å²) in [6.45, 7) is 4.14. The van der Waals surface area contributed by atoms with Crippen LogP contribution in [-0.4, -0.2) is 33.9 Å². The number of benzene rings is 2. The molecule has 182 valence electrons. The van der Waals surface area contributed by atoms with Crippen LogP contribution in [0.15, 0.2) is 71.9 Å². The van der Waals surface area contributed by atoms with Gasteiger partial charge in [0.25, 0.3) is 10.0 Å². The summed E-state index contributed by atoms with van der Waals surface area (Å²) in [6, 6.07) is 16.2. The number of nitrogens with one attached hydrogen (secondary N) is 1. The lowest BCUT2D eigenvalue weighted by atomic mass is 9.81. The largest absolute Gasteiger partial charge is 0.351 e. The lowest BCUT2D eigenvalue weighted by molar-refractivity contribution is 0.302. The Kier molecular flexibility index (Phi) is 6.11. The van der Waals surface area contributed by atoms with Gasteiger partial charge in [-0.3, -0.25) is 0 Å². The molecule has 4 aromatic rings. The number of anilines is 1. The monoisotopic (exact) mass is 489 g/mol. The quantitative estimate of drug-likeness (QED) is 0.396. The van der Waals surface area contributed by atoms with Crippen molar-refractivity contribution in [1.29, 1.82) is 0 Å². The highest BCUT2D eigenvalue weighted by Gasteiger charge is 2.29. The van der Waals surface area contributed by atoms with E-state index in [1.807, 2.05) is 30.5 Å². The van der Waals surface area contributed by atoms with Crippen LogP contribution in [0.3, 0.4) is 0 Å². The van der Waals surface area contributed by atoms with Crippen molar-refractivity contribution < 1.29 is 8.42 Å². The molecule has 1 fully saturated rings. The molecule has 1 aliphatic rings. The van der Waals surface area contributed by atoms with Gasteiger partial charge < -0.3 is 11.1 Å². The zero-order valence-corrected chi connectivity index (χ0v) is 20.9. The topological polar surface area (TPSA) is 103 Å². The lowest BCUT2D eigenvalue weighted by Gasteiger charge is -2.35. The van der Waals surface area contributed by atoms with Crippen molar-refractivity contribution >= 4 is 26.9 Å². The van der Waals surface area contributed by atoms with Gasteiger partial charge in [0.2, 0.25) is 5.95 Å². The van der Waals surface area contributed by atoms with Crippen LogP contribution >= 0.6 is 0 Å². The normalized spacial score (nSPS) is 20.7. The first-order valence-corrected chi connectivity index (χ1v) is 13.5. The molecule has 7 nitrogen and oxygen atoms in total. The van der Waals surface area contributed by atoms with Gasteiger partial charge in [-0.2, -0.15) is 0 Å². The van der Waals surface area contributed by atoms with Crippen LogP contribution in [-0.2, 0) is 16.4 Å². The van der Waals surface area contributed by atoms with E-state index in [9.17, 15) is 8.42 Å². The predicted molar refractivity (Wildman–Crippen MR) is 140 cm³/mol. The van der Waals surface area contributed by atoms with Gasteiger partial charge in [0.05, 0.1) is 16.1 Å². The van der Waals surface area contributed by atoms with Gasteiger partial charge in [-0.25, -0.2) is 22.4 Å². The van der Waals surface area contributed by atoms with Crippen LogP contribution in [0.25, 0.3) is 22.2 Å². The summed E-state index contributed by atoms with van der Waals surface area (Å²) < 4.78 is 28.5. The van der Waals surface area contributed by atoms with Crippen LogP contribution in [0, 0.1) is 0 Å². The maximum absolute atomic E-state index is 13.5. The molecule has 0 bridgehead atoms. The fourth-order valence-corrected chi connectivity index (χ4v) is 6.43. The molecule has 2 aromatic carbocycles. The average molecular weight is 490 g/mol. The Morgan fingerprint density at radius 2 is 1.89 bits per heavy atom. The van der Waals surface area contributed by atoms with E-state index in [0.717, 1.165) is 54.3 Å². The minimum absolute atomic E-state index is 0.193. The molecule has 8 heteroatoms. The standard InChI is InChI=1S/C27H31N5O2S/c1-3-19-17-29-26(30-20-10-9-15-27(2,28)16-20)31-25(19)23-18-32(24-14-8-7-13-22(23)24)35(33,34)21-11-5-4-6-12-21/h4-8,11-14,17-18,20H,3,9-10,15-16,28H2,1-2H3,(H,29,30,31)/t20-,27+/m1/s1. The van der Waals surface area contributed by atoms with Gasteiger partial charge in [-0.1, -0.05) is 43.3 Å². The van der Waals surface area contributed by atoms with Gasteiger partial charge in [0.15, 0.2) is 0 Å². The lowest BCUT2D eigenvalue weighted by Crippen LogP contribution is -2.45.